The number of carbonyl (C=O) groups is 3. The van der Waals surface area contributed by atoms with Gasteiger partial charge in [0.05, 0.1) is 11.8 Å². The van der Waals surface area contributed by atoms with Gasteiger partial charge in [-0.1, -0.05) is 12.2 Å². The van der Waals surface area contributed by atoms with E-state index in [-0.39, 0.29) is 42.7 Å². The average Bonchev–Trinajstić information content (AvgIpc) is 2.97. The molecule has 0 aromatic heterocycles. The van der Waals surface area contributed by atoms with Crippen molar-refractivity contribution in [2.24, 2.45) is 23.7 Å². The molecule has 6 nitrogen and oxygen atoms in total. The van der Waals surface area contributed by atoms with Crippen molar-refractivity contribution in [3.05, 3.63) is 12.2 Å². The highest BCUT2D eigenvalue weighted by molar-refractivity contribution is 5.87. The first-order valence-corrected chi connectivity index (χ1v) is 7.38. The van der Waals surface area contributed by atoms with E-state index in [1.54, 1.807) is 0 Å². The summed E-state index contributed by atoms with van der Waals surface area (Å²) in [6.45, 7) is 3.98. The van der Waals surface area contributed by atoms with Crippen molar-refractivity contribution < 1.29 is 19.5 Å². The number of hydrogen-bond donors (Lipinski definition) is 3. The Bertz CT molecular complexity index is 472. The molecule has 2 rings (SSSR count). The molecule has 4 unspecified atom stereocenters. The Morgan fingerprint density at radius 3 is 2.38 bits per heavy atom. The van der Waals surface area contributed by atoms with Crippen LogP contribution in [0, 0.1) is 23.7 Å². The van der Waals surface area contributed by atoms with Crippen LogP contribution in [0.5, 0.6) is 0 Å². The Balaban J connectivity index is 1.84. The molecule has 3 N–H and O–H groups in total. The first-order chi connectivity index (χ1) is 9.90. The number of carboxylic acid groups (broad SMARTS) is 1. The number of carboxylic acids is 1. The third-order valence-corrected chi connectivity index (χ3v) is 4.15. The second-order valence-electron chi connectivity index (χ2n) is 6.10. The van der Waals surface area contributed by atoms with Crippen molar-refractivity contribution in [2.45, 2.75) is 32.7 Å². The molecule has 0 aliphatic heterocycles. The smallest absolute Gasteiger partial charge is 0.307 e. The number of carbonyl (C=O) groups excluding carboxylic acids is 2. The van der Waals surface area contributed by atoms with E-state index in [4.69, 9.17) is 0 Å². The van der Waals surface area contributed by atoms with Crippen LogP contribution < -0.4 is 10.6 Å². The van der Waals surface area contributed by atoms with Gasteiger partial charge in [-0.2, -0.15) is 0 Å². The summed E-state index contributed by atoms with van der Waals surface area (Å²) in [5.41, 5.74) is 0. The van der Waals surface area contributed by atoms with Gasteiger partial charge in [0.1, 0.15) is 0 Å². The third-order valence-electron chi connectivity index (χ3n) is 4.15. The summed E-state index contributed by atoms with van der Waals surface area (Å²) in [5.74, 6) is -2.45. The molecule has 2 amide bonds. The first-order valence-electron chi connectivity index (χ1n) is 7.38. The summed E-state index contributed by atoms with van der Waals surface area (Å²) in [6, 6.07) is 0.0697. The van der Waals surface area contributed by atoms with Gasteiger partial charge in [-0.05, 0) is 32.1 Å². The quantitative estimate of drug-likeness (QED) is 0.623. The first kappa shape index (κ1) is 15.5. The number of amides is 2. The van der Waals surface area contributed by atoms with Crippen LogP contribution in [0.25, 0.3) is 0 Å². The Labute approximate surface area is 124 Å². The second-order valence-corrected chi connectivity index (χ2v) is 6.10. The topological polar surface area (TPSA) is 95.5 Å². The van der Waals surface area contributed by atoms with E-state index < -0.39 is 17.8 Å². The molecule has 0 aromatic rings. The highest BCUT2D eigenvalue weighted by atomic mass is 16.4. The van der Waals surface area contributed by atoms with Gasteiger partial charge in [0.25, 0.3) is 0 Å². The zero-order valence-electron chi connectivity index (χ0n) is 12.3. The molecule has 0 saturated heterocycles. The standard InChI is InChI=1S/C15H22N2O4/c1-8(2)17-11(18)5-6-16-14(19)12-9-3-4-10(7-9)13(12)15(20)21/h3-4,8-10,12-13H,5-7H2,1-2H3,(H,16,19)(H,17,18)(H,20,21). The molecular formula is C15H22N2O4. The normalized spacial score (nSPS) is 29.7. The average molecular weight is 294 g/mol. The van der Waals surface area contributed by atoms with E-state index in [0.717, 1.165) is 6.42 Å². The molecule has 2 aliphatic carbocycles. The highest BCUT2D eigenvalue weighted by Gasteiger charge is 2.51. The molecule has 116 valence electrons. The lowest BCUT2D eigenvalue weighted by Gasteiger charge is -2.23. The van der Waals surface area contributed by atoms with Crippen LogP contribution in [-0.2, 0) is 14.4 Å². The Morgan fingerprint density at radius 1 is 1.19 bits per heavy atom. The van der Waals surface area contributed by atoms with Gasteiger partial charge in [0.15, 0.2) is 0 Å². The zero-order valence-corrected chi connectivity index (χ0v) is 12.3. The van der Waals surface area contributed by atoms with Crippen LogP contribution in [0.3, 0.4) is 0 Å². The van der Waals surface area contributed by atoms with Gasteiger partial charge < -0.3 is 15.7 Å². The Kier molecular flexibility index (Phi) is 4.65. The van der Waals surface area contributed by atoms with Crippen molar-refractivity contribution in [1.82, 2.24) is 10.6 Å². The van der Waals surface area contributed by atoms with E-state index in [2.05, 4.69) is 10.6 Å². The van der Waals surface area contributed by atoms with Gasteiger partial charge in [-0.3, -0.25) is 14.4 Å². The Hall–Kier alpha value is -1.85. The minimum absolute atomic E-state index is 0.0144. The van der Waals surface area contributed by atoms with Gasteiger partial charge in [-0.25, -0.2) is 0 Å². The second kappa shape index (κ2) is 6.28. The lowest BCUT2D eigenvalue weighted by molar-refractivity contribution is -0.147. The number of allylic oxidation sites excluding steroid dienone is 2. The zero-order chi connectivity index (χ0) is 15.6. The molecule has 21 heavy (non-hydrogen) atoms. The van der Waals surface area contributed by atoms with Crippen LogP contribution >= 0.6 is 0 Å². The molecule has 2 bridgehead atoms. The third kappa shape index (κ3) is 3.43. The molecule has 0 spiro atoms. The maximum atomic E-state index is 12.2. The summed E-state index contributed by atoms with van der Waals surface area (Å²) < 4.78 is 0. The minimum Gasteiger partial charge on any atom is -0.481 e. The highest BCUT2D eigenvalue weighted by Crippen LogP contribution is 2.48. The van der Waals surface area contributed by atoms with Crippen molar-refractivity contribution >= 4 is 17.8 Å². The lowest BCUT2D eigenvalue weighted by Crippen LogP contribution is -2.41. The predicted octanol–water partition coefficient (Wildman–Crippen LogP) is 0.540. The summed E-state index contributed by atoms with van der Waals surface area (Å²) in [6.07, 6.45) is 4.80. The van der Waals surface area contributed by atoms with E-state index in [1.807, 2.05) is 26.0 Å². The molecule has 0 radical (unpaired) electrons. The fourth-order valence-corrected chi connectivity index (χ4v) is 3.33. The van der Waals surface area contributed by atoms with E-state index in [9.17, 15) is 19.5 Å². The van der Waals surface area contributed by atoms with Crippen molar-refractivity contribution in [3.8, 4) is 0 Å². The summed E-state index contributed by atoms with van der Waals surface area (Å²) in [4.78, 5) is 35.0. The van der Waals surface area contributed by atoms with Crippen LogP contribution in [0.4, 0.5) is 0 Å². The lowest BCUT2D eigenvalue weighted by atomic mass is 9.82. The van der Waals surface area contributed by atoms with Crippen molar-refractivity contribution in [1.29, 1.82) is 0 Å². The SMILES string of the molecule is CC(C)NC(=O)CCNC(=O)C1C2C=CC(C2)C1C(=O)O. The fraction of sp³-hybridized carbons (Fsp3) is 0.667. The molecule has 4 atom stereocenters. The van der Waals surface area contributed by atoms with Gasteiger partial charge in [0.2, 0.25) is 11.8 Å². The van der Waals surface area contributed by atoms with Crippen LogP contribution in [-0.4, -0.2) is 35.5 Å². The minimum atomic E-state index is -0.912. The van der Waals surface area contributed by atoms with Crippen molar-refractivity contribution in [3.63, 3.8) is 0 Å². The fourth-order valence-electron chi connectivity index (χ4n) is 3.33. The number of nitrogens with one attached hydrogen (secondary N) is 2. The van der Waals surface area contributed by atoms with Crippen LogP contribution in [0.1, 0.15) is 26.7 Å². The van der Waals surface area contributed by atoms with E-state index in [1.165, 1.54) is 0 Å². The van der Waals surface area contributed by atoms with Gasteiger partial charge in [-0.15, -0.1) is 0 Å². The number of aliphatic carboxylic acids is 1. The van der Waals surface area contributed by atoms with Gasteiger partial charge >= 0.3 is 5.97 Å². The monoisotopic (exact) mass is 294 g/mol. The number of hydrogen-bond acceptors (Lipinski definition) is 3. The molecule has 0 aromatic carbocycles. The number of rotatable bonds is 6. The van der Waals surface area contributed by atoms with Crippen LogP contribution in [0.2, 0.25) is 0 Å². The number of fused-ring (bicyclic) bond motifs is 2. The predicted molar refractivity (Wildman–Crippen MR) is 76.3 cm³/mol. The largest absolute Gasteiger partial charge is 0.481 e. The maximum absolute atomic E-state index is 12.2. The molecule has 1 fully saturated rings. The Morgan fingerprint density at radius 2 is 1.81 bits per heavy atom. The van der Waals surface area contributed by atoms with E-state index in [0.29, 0.717) is 0 Å². The molecule has 2 aliphatic rings. The molecule has 6 heteroatoms. The van der Waals surface area contributed by atoms with Crippen molar-refractivity contribution in [2.75, 3.05) is 6.54 Å². The summed E-state index contributed by atoms with van der Waals surface area (Å²) in [7, 11) is 0. The molecule has 1 saturated carbocycles. The maximum Gasteiger partial charge on any atom is 0.307 e. The molecular weight excluding hydrogens is 272 g/mol. The van der Waals surface area contributed by atoms with E-state index >= 15 is 0 Å². The van der Waals surface area contributed by atoms with Gasteiger partial charge in [0, 0.05) is 19.0 Å². The molecule has 0 heterocycles. The summed E-state index contributed by atoms with van der Waals surface area (Å²) in [5, 5.41) is 14.7. The van der Waals surface area contributed by atoms with Crippen LogP contribution in [0.15, 0.2) is 12.2 Å². The summed E-state index contributed by atoms with van der Waals surface area (Å²) >= 11 is 0.